The van der Waals surface area contributed by atoms with E-state index in [4.69, 9.17) is 0 Å². The number of amides is 2. The molecule has 1 aliphatic rings. The van der Waals surface area contributed by atoms with Gasteiger partial charge >= 0.3 is 6.03 Å². The number of halogens is 1. The predicted octanol–water partition coefficient (Wildman–Crippen LogP) is 2.97. The monoisotopic (exact) mass is 285 g/mol. The van der Waals surface area contributed by atoms with E-state index < -0.39 is 0 Å². The number of hydrogen-bond acceptors (Lipinski definition) is 2. The molecule has 3 rings (SSSR count). The van der Waals surface area contributed by atoms with Crippen LogP contribution in [0, 0.1) is 5.82 Å². The Morgan fingerprint density at radius 1 is 1.19 bits per heavy atom. The van der Waals surface area contributed by atoms with Crippen LogP contribution in [0.2, 0.25) is 0 Å². The van der Waals surface area contributed by atoms with E-state index in [2.05, 4.69) is 10.6 Å². The molecule has 0 aromatic heterocycles. The Kier molecular flexibility index (Phi) is 3.73. The van der Waals surface area contributed by atoms with Crippen molar-refractivity contribution in [1.82, 2.24) is 5.32 Å². The van der Waals surface area contributed by atoms with Crippen molar-refractivity contribution in [3.63, 3.8) is 0 Å². The van der Waals surface area contributed by atoms with Crippen LogP contribution in [0.25, 0.3) is 0 Å². The van der Waals surface area contributed by atoms with Crippen LogP contribution in [-0.4, -0.2) is 19.1 Å². The smallest absolute Gasteiger partial charge is 0.321 e. The summed E-state index contributed by atoms with van der Waals surface area (Å²) in [6.07, 6.45) is 0. The highest BCUT2D eigenvalue weighted by Gasteiger charge is 2.20. The van der Waals surface area contributed by atoms with Gasteiger partial charge in [0.25, 0.3) is 0 Å². The van der Waals surface area contributed by atoms with Crippen molar-refractivity contribution in [3.05, 3.63) is 59.9 Å². The van der Waals surface area contributed by atoms with Crippen LogP contribution in [0.5, 0.6) is 0 Å². The molecule has 21 heavy (non-hydrogen) atoms. The highest BCUT2D eigenvalue weighted by Crippen LogP contribution is 2.20. The zero-order chi connectivity index (χ0) is 14.7. The van der Waals surface area contributed by atoms with Crippen molar-refractivity contribution < 1.29 is 9.18 Å². The fourth-order valence-electron chi connectivity index (χ4n) is 2.33. The third kappa shape index (κ3) is 3.13. The normalized spacial score (nSPS) is 14.1. The molecule has 1 fully saturated rings. The van der Waals surface area contributed by atoms with Crippen LogP contribution < -0.4 is 15.5 Å². The first-order valence-electron chi connectivity index (χ1n) is 6.86. The molecule has 0 unspecified atom stereocenters. The van der Waals surface area contributed by atoms with Gasteiger partial charge in [-0.1, -0.05) is 12.1 Å². The molecular weight excluding hydrogens is 269 g/mol. The summed E-state index contributed by atoms with van der Waals surface area (Å²) < 4.78 is 13.1. The van der Waals surface area contributed by atoms with Gasteiger partial charge in [-0.3, -0.25) is 4.90 Å². The van der Waals surface area contributed by atoms with Gasteiger partial charge in [0, 0.05) is 31.0 Å². The van der Waals surface area contributed by atoms with E-state index in [-0.39, 0.29) is 11.8 Å². The Bertz CT molecular complexity index is 642. The maximum absolute atomic E-state index is 13.1. The lowest BCUT2D eigenvalue weighted by Gasteiger charge is -2.15. The van der Waals surface area contributed by atoms with Gasteiger partial charge in [-0.05, 0) is 42.0 Å². The molecule has 4 nitrogen and oxygen atoms in total. The molecule has 0 bridgehead atoms. The average Bonchev–Trinajstić information content (AvgIpc) is 2.92. The Labute approximate surface area is 122 Å². The molecule has 2 N–H and O–H groups in total. The molecule has 0 atom stereocenters. The molecule has 1 saturated heterocycles. The number of nitrogens with one attached hydrogen (secondary N) is 2. The van der Waals surface area contributed by atoms with Crippen molar-refractivity contribution in [2.75, 3.05) is 23.3 Å². The number of anilines is 2. The first-order chi connectivity index (χ1) is 10.2. The van der Waals surface area contributed by atoms with E-state index in [9.17, 15) is 9.18 Å². The largest absolute Gasteiger partial charge is 0.381 e. The molecule has 1 heterocycles. The van der Waals surface area contributed by atoms with E-state index in [0.717, 1.165) is 16.9 Å². The third-order valence-electron chi connectivity index (χ3n) is 3.42. The lowest BCUT2D eigenvalue weighted by molar-refractivity contribution is 0.252. The molecular formula is C16H16FN3O. The second-order valence-electron chi connectivity index (χ2n) is 4.91. The number of carbonyl (C=O) groups excluding carboxylic acids is 1. The van der Waals surface area contributed by atoms with Gasteiger partial charge in [0.05, 0.1) is 0 Å². The van der Waals surface area contributed by atoms with Gasteiger partial charge in [0.15, 0.2) is 0 Å². The van der Waals surface area contributed by atoms with Crippen LogP contribution in [0.4, 0.5) is 20.6 Å². The second-order valence-corrected chi connectivity index (χ2v) is 4.91. The van der Waals surface area contributed by atoms with E-state index in [1.54, 1.807) is 11.0 Å². The van der Waals surface area contributed by atoms with Gasteiger partial charge in [-0.25, -0.2) is 9.18 Å². The lowest BCUT2D eigenvalue weighted by Crippen LogP contribution is -2.27. The summed E-state index contributed by atoms with van der Waals surface area (Å²) in [5.74, 6) is -0.232. The molecule has 2 aromatic rings. The molecule has 0 radical (unpaired) electrons. The molecule has 2 amide bonds. The minimum Gasteiger partial charge on any atom is -0.381 e. The van der Waals surface area contributed by atoms with Crippen LogP contribution >= 0.6 is 0 Å². The summed E-state index contributed by atoms with van der Waals surface area (Å²) in [6.45, 7) is 1.93. The summed E-state index contributed by atoms with van der Waals surface area (Å²) in [5.41, 5.74) is 2.70. The number of urea groups is 1. The maximum atomic E-state index is 13.1. The molecule has 5 heteroatoms. The Balaban J connectivity index is 1.63. The standard InChI is InChI=1S/C16H16FN3O/c17-13-3-1-2-12(10-13)11-19-14-4-6-15(7-5-14)20-9-8-18-16(20)21/h1-7,10,19H,8-9,11H2,(H,18,21). The van der Waals surface area contributed by atoms with Crippen LogP contribution in [0.3, 0.4) is 0 Å². The van der Waals surface area contributed by atoms with E-state index >= 15 is 0 Å². The van der Waals surface area contributed by atoms with Crippen molar-refractivity contribution in [3.8, 4) is 0 Å². The minimum absolute atomic E-state index is 0.0598. The fraction of sp³-hybridized carbons (Fsp3) is 0.188. The van der Waals surface area contributed by atoms with E-state index in [1.807, 2.05) is 30.3 Å². The van der Waals surface area contributed by atoms with Crippen molar-refractivity contribution in [1.29, 1.82) is 0 Å². The highest BCUT2D eigenvalue weighted by atomic mass is 19.1. The summed E-state index contributed by atoms with van der Waals surface area (Å²) in [7, 11) is 0. The second kappa shape index (κ2) is 5.83. The number of rotatable bonds is 4. The third-order valence-corrected chi connectivity index (χ3v) is 3.42. The quantitative estimate of drug-likeness (QED) is 0.907. The Morgan fingerprint density at radius 3 is 2.67 bits per heavy atom. The highest BCUT2D eigenvalue weighted by molar-refractivity contribution is 5.94. The first kappa shape index (κ1) is 13.4. The van der Waals surface area contributed by atoms with Crippen LogP contribution in [0.1, 0.15) is 5.56 Å². The summed E-state index contributed by atoms with van der Waals surface area (Å²) in [6, 6.07) is 14.1. The molecule has 108 valence electrons. The minimum atomic E-state index is -0.232. The van der Waals surface area contributed by atoms with Gasteiger partial charge in [-0.15, -0.1) is 0 Å². The first-order valence-corrected chi connectivity index (χ1v) is 6.86. The predicted molar refractivity (Wildman–Crippen MR) is 80.9 cm³/mol. The molecule has 2 aromatic carbocycles. The van der Waals surface area contributed by atoms with Crippen molar-refractivity contribution >= 4 is 17.4 Å². The van der Waals surface area contributed by atoms with Gasteiger partial charge in [-0.2, -0.15) is 0 Å². The van der Waals surface area contributed by atoms with E-state index in [0.29, 0.717) is 19.6 Å². The van der Waals surface area contributed by atoms with Crippen molar-refractivity contribution in [2.45, 2.75) is 6.54 Å². The number of hydrogen-bond donors (Lipinski definition) is 2. The zero-order valence-corrected chi connectivity index (χ0v) is 11.5. The zero-order valence-electron chi connectivity index (χ0n) is 11.5. The fourth-order valence-corrected chi connectivity index (χ4v) is 2.33. The Morgan fingerprint density at radius 2 is 2.00 bits per heavy atom. The molecule has 1 aliphatic heterocycles. The van der Waals surface area contributed by atoms with E-state index in [1.165, 1.54) is 12.1 Å². The molecule has 0 spiro atoms. The van der Waals surface area contributed by atoms with Gasteiger partial charge < -0.3 is 10.6 Å². The SMILES string of the molecule is O=C1NCCN1c1ccc(NCc2cccc(F)c2)cc1. The summed E-state index contributed by atoms with van der Waals surface area (Å²) >= 11 is 0. The van der Waals surface area contributed by atoms with Crippen molar-refractivity contribution in [2.24, 2.45) is 0 Å². The number of benzene rings is 2. The number of carbonyl (C=O) groups is 1. The van der Waals surface area contributed by atoms with Crippen LogP contribution in [-0.2, 0) is 6.54 Å². The maximum Gasteiger partial charge on any atom is 0.321 e. The lowest BCUT2D eigenvalue weighted by atomic mass is 10.2. The average molecular weight is 285 g/mol. The summed E-state index contributed by atoms with van der Waals surface area (Å²) in [4.78, 5) is 13.3. The van der Waals surface area contributed by atoms with Gasteiger partial charge in [0.2, 0.25) is 0 Å². The molecule has 0 aliphatic carbocycles. The van der Waals surface area contributed by atoms with Gasteiger partial charge in [0.1, 0.15) is 5.82 Å². The molecule has 0 saturated carbocycles. The number of nitrogens with zero attached hydrogens (tertiary/aromatic N) is 1. The Hall–Kier alpha value is -2.56. The topological polar surface area (TPSA) is 44.4 Å². The van der Waals surface area contributed by atoms with Crippen LogP contribution in [0.15, 0.2) is 48.5 Å². The summed E-state index contributed by atoms with van der Waals surface area (Å²) in [5, 5.41) is 6.00.